The lowest BCUT2D eigenvalue weighted by atomic mass is 9.98. The topological polar surface area (TPSA) is 77.8 Å². The second-order valence-corrected chi connectivity index (χ2v) is 3.38. The second kappa shape index (κ2) is 4.79. The molecule has 0 spiro atoms. The molecule has 1 rings (SSSR count). The number of phenolic OH excluding ortho intramolecular Hbond substituents is 1. The smallest absolute Gasteiger partial charge is 0.307 e. The fourth-order valence-corrected chi connectivity index (χ4v) is 1.44. The van der Waals surface area contributed by atoms with Crippen molar-refractivity contribution in [1.82, 2.24) is 0 Å². The summed E-state index contributed by atoms with van der Waals surface area (Å²) in [6, 6.07) is 4.36. The van der Waals surface area contributed by atoms with Crippen LogP contribution in [-0.2, 0) is 11.2 Å². The first-order valence-electron chi connectivity index (χ1n) is 4.76. The quantitative estimate of drug-likeness (QED) is 0.703. The lowest BCUT2D eigenvalue weighted by Gasteiger charge is -2.13. The van der Waals surface area contributed by atoms with Gasteiger partial charge in [-0.3, -0.25) is 4.79 Å². The van der Waals surface area contributed by atoms with Crippen molar-refractivity contribution in [1.29, 1.82) is 0 Å². The van der Waals surface area contributed by atoms with Gasteiger partial charge in [0.15, 0.2) is 0 Å². The van der Waals surface area contributed by atoms with Crippen molar-refractivity contribution < 1.29 is 20.1 Å². The third kappa shape index (κ3) is 2.95. The van der Waals surface area contributed by atoms with E-state index in [1.165, 1.54) is 18.2 Å². The molecule has 0 bridgehead atoms. The highest BCUT2D eigenvalue weighted by Gasteiger charge is 2.13. The minimum atomic E-state index is -0.953. The molecule has 82 valence electrons. The molecular formula is C11H14O4. The van der Waals surface area contributed by atoms with E-state index in [2.05, 4.69) is 0 Å². The standard InChI is InChI=1S/C11H14O4/c1-2-10(13)9-6-8(12)4-3-7(9)5-11(14)15/h3-4,6,10,12-13H,2,5H2,1H3,(H,14,15). The average Bonchev–Trinajstić information content (AvgIpc) is 2.19. The molecule has 0 heterocycles. The molecule has 0 amide bonds. The number of carbonyl (C=O) groups is 1. The molecule has 1 aromatic rings. The highest BCUT2D eigenvalue weighted by molar-refractivity contribution is 5.71. The van der Waals surface area contributed by atoms with Crippen LogP contribution in [-0.4, -0.2) is 21.3 Å². The van der Waals surface area contributed by atoms with Gasteiger partial charge in [0.05, 0.1) is 12.5 Å². The Morgan fingerprint density at radius 3 is 2.67 bits per heavy atom. The van der Waals surface area contributed by atoms with Crippen LogP contribution < -0.4 is 0 Å². The third-order valence-corrected chi connectivity index (χ3v) is 2.22. The van der Waals surface area contributed by atoms with Crippen LogP contribution in [0.2, 0.25) is 0 Å². The molecule has 3 N–H and O–H groups in total. The number of benzene rings is 1. The second-order valence-electron chi connectivity index (χ2n) is 3.38. The summed E-state index contributed by atoms with van der Waals surface area (Å²) in [6.45, 7) is 1.79. The van der Waals surface area contributed by atoms with Gasteiger partial charge in [-0.25, -0.2) is 0 Å². The summed E-state index contributed by atoms with van der Waals surface area (Å²) in [6.07, 6.45) is -0.394. The number of rotatable bonds is 4. The summed E-state index contributed by atoms with van der Waals surface area (Å²) in [5, 5.41) is 27.6. The third-order valence-electron chi connectivity index (χ3n) is 2.22. The summed E-state index contributed by atoms with van der Waals surface area (Å²) in [5.41, 5.74) is 1.02. The van der Waals surface area contributed by atoms with Crippen molar-refractivity contribution in [3.63, 3.8) is 0 Å². The molecule has 4 heteroatoms. The fraction of sp³-hybridized carbons (Fsp3) is 0.364. The minimum Gasteiger partial charge on any atom is -0.508 e. The molecule has 0 radical (unpaired) electrons. The Bertz CT molecular complexity index is 360. The van der Waals surface area contributed by atoms with Gasteiger partial charge in [-0.15, -0.1) is 0 Å². The summed E-state index contributed by atoms with van der Waals surface area (Å²) in [5.74, 6) is -0.920. The summed E-state index contributed by atoms with van der Waals surface area (Å²) < 4.78 is 0. The number of aliphatic hydroxyl groups excluding tert-OH is 1. The van der Waals surface area contributed by atoms with Gasteiger partial charge in [-0.2, -0.15) is 0 Å². The maximum absolute atomic E-state index is 10.6. The van der Waals surface area contributed by atoms with E-state index in [-0.39, 0.29) is 12.2 Å². The number of hydrogen-bond acceptors (Lipinski definition) is 3. The molecule has 1 atom stereocenters. The molecular weight excluding hydrogens is 196 g/mol. The molecule has 0 saturated heterocycles. The zero-order chi connectivity index (χ0) is 11.4. The number of aliphatic carboxylic acids is 1. The molecule has 0 aliphatic heterocycles. The van der Waals surface area contributed by atoms with Gasteiger partial charge in [-0.1, -0.05) is 13.0 Å². The van der Waals surface area contributed by atoms with E-state index in [1.807, 2.05) is 0 Å². The van der Waals surface area contributed by atoms with E-state index in [0.29, 0.717) is 17.5 Å². The van der Waals surface area contributed by atoms with Crippen LogP contribution in [0.3, 0.4) is 0 Å². The van der Waals surface area contributed by atoms with Crippen molar-refractivity contribution in [2.24, 2.45) is 0 Å². The largest absolute Gasteiger partial charge is 0.508 e. The molecule has 1 unspecified atom stereocenters. The molecule has 0 fully saturated rings. The van der Waals surface area contributed by atoms with E-state index >= 15 is 0 Å². The van der Waals surface area contributed by atoms with Crippen molar-refractivity contribution in [3.8, 4) is 5.75 Å². The predicted molar refractivity (Wildman–Crippen MR) is 54.7 cm³/mol. The first-order chi connectivity index (χ1) is 7.04. The lowest BCUT2D eigenvalue weighted by molar-refractivity contribution is -0.136. The molecule has 15 heavy (non-hydrogen) atoms. The SMILES string of the molecule is CCC(O)c1cc(O)ccc1CC(=O)O. The van der Waals surface area contributed by atoms with Gasteiger partial charge in [0.25, 0.3) is 0 Å². The zero-order valence-electron chi connectivity index (χ0n) is 8.47. The van der Waals surface area contributed by atoms with E-state index in [4.69, 9.17) is 5.11 Å². The van der Waals surface area contributed by atoms with Gasteiger partial charge < -0.3 is 15.3 Å². The van der Waals surface area contributed by atoms with Crippen LogP contribution in [0.4, 0.5) is 0 Å². The Labute approximate surface area is 87.8 Å². The highest BCUT2D eigenvalue weighted by Crippen LogP contribution is 2.25. The maximum atomic E-state index is 10.6. The van der Waals surface area contributed by atoms with Gasteiger partial charge in [0.1, 0.15) is 5.75 Å². The Morgan fingerprint density at radius 1 is 1.47 bits per heavy atom. The Hall–Kier alpha value is -1.55. The van der Waals surface area contributed by atoms with Crippen LogP contribution in [0.15, 0.2) is 18.2 Å². The Morgan fingerprint density at radius 2 is 2.13 bits per heavy atom. The maximum Gasteiger partial charge on any atom is 0.307 e. The highest BCUT2D eigenvalue weighted by atomic mass is 16.4. The average molecular weight is 210 g/mol. The molecule has 0 aliphatic rings. The van der Waals surface area contributed by atoms with Crippen LogP contribution in [0.1, 0.15) is 30.6 Å². The predicted octanol–water partition coefficient (Wildman–Crippen LogP) is 1.46. The first kappa shape index (κ1) is 11.5. The van der Waals surface area contributed by atoms with E-state index < -0.39 is 12.1 Å². The van der Waals surface area contributed by atoms with E-state index in [1.54, 1.807) is 6.92 Å². The van der Waals surface area contributed by atoms with Gasteiger partial charge in [-0.05, 0) is 29.7 Å². The summed E-state index contributed by atoms with van der Waals surface area (Å²) in [4.78, 5) is 10.6. The van der Waals surface area contributed by atoms with Crippen LogP contribution >= 0.6 is 0 Å². The van der Waals surface area contributed by atoms with Gasteiger partial charge in [0, 0.05) is 0 Å². The Balaban J connectivity index is 3.08. The molecule has 4 nitrogen and oxygen atoms in total. The van der Waals surface area contributed by atoms with E-state index in [9.17, 15) is 15.0 Å². The molecule has 0 aliphatic carbocycles. The van der Waals surface area contributed by atoms with Crippen LogP contribution in [0.25, 0.3) is 0 Å². The monoisotopic (exact) mass is 210 g/mol. The normalized spacial score (nSPS) is 12.4. The number of phenols is 1. The summed E-state index contributed by atoms with van der Waals surface area (Å²) >= 11 is 0. The molecule has 0 saturated carbocycles. The van der Waals surface area contributed by atoms with Gasteiger partial charge >= 0.3 is 5.97 Å². The number of carboxylic acids is 1. The molecule has 0 aromatic heterocycles. The zero-order valence-corrected chi connectivity index (χ0v) is 8.47. The number of carboxylic acid groups (broad SMARTS) is 1. The van der Waals surface area contributed by atoms with Crippen molar-refractivity contribution in [2.75, 3.05) is 0 Å². The van der Waals surface area contributed by atoms with Crippen molar-refractivity contribution in [2.45, 2.75) is 25.9 Å². The fourth-order valence-electron chi connectivity index (χ4n) is 1.44. The minimum absolute atomic E-state index is 0.0339. The van der Waals surface area contributed by atoms with Crippen LogP contribution in [0, 0.1) is 0 Å². The first-order valence-corrected chi connectivity index (χ1v) is 4.76. The van der Waals surface area contributed by atoms with Gasteiger partial charge in [0.2, 0.25) is 0 Å². The number of hydrogen-bond donors (Lipinski definition) is 3. The molecule has 1 aromatic carbocycles. The Kier molecular flexibility index (Phi) is 3.68. The number of aliphatic hydroxyl groups is 1. The van der Waals surface area contributed by atoms with Crippen molar-refractivity contribution >= 4 is 5.97 Å². The number of aromatic hydroxyl groups is 1. The lowest BCUT2D eigenvalue weighted by Crippen LogP contribution is -2.06. The van der Waals surface area contributed by atoms with Crippen molar-refractivity contribution in [3.05, 3.63) is 29.3 Å². The van der Waals surface area contributed by atoms with E-state index in [0.717, 1.165) is 0 Å². The summed E-state index contributed by atoms with van der Waals surface area (Å²) in [7, 11) is 0. The van der Waals surface area contributed by atoms with Crippen LogP contribution in [0.5, 0.6) is 5.75 Å².